The third kappa shape index (κ3) is 11.6. The molecule has 0 heterocycles. The Labute approximate surface area is 159 Å². The molecule has 0 amide bonds. The van der Waals surface area contributed by atoms with E-state index in [9.17, 15) is 14.3 Å². The van der Waals surface area contributed by atoms with Crippen LogP contribution in [0.3, 0.4) is 0 Å². The molecule has 2 N–H and O–H groups in total. The van der Waals surface area contributed by atoms with Crippen LogP contribution in [0.15, 0.2) is 72.8 Å². The number of rotatable bonds is 9. The number of carboxylic acid groups (broad SMARTS) is 1. The second kappa shape index (κ2) is 12.7. The fourth-order valence-electron chi connectivity index (χ4n) is 1.87. The highest BCUT2D eigenvalue weighted by Crippen LogP contribution is 2.44. The lowest BCUT2D eigenvalue weighted by Gasteiger charge is -2.13. The summed E-state index contributed by atoms with van der Waals surface area (Å²) >= 11 is 0. The Hall–Kier alpha value is -2.56. The number of phosphoric ester groups is 1. The van der Waals surface area contributed by atoms with Gasteiger partial charge in [0.05, 0.1) is 6.42 Å². The fourth-order valence-corrected chi connectivity index (χ4v) is 2.69. The number of benzene rings is 2. The van der Waals surface area contributed by atoms with Crippen LogP contribution >= 0.6 is 7.82 Å². The van der Waals surface area contributed by atoms with Crippen molar-refractivity contribution in [3.05, 3.63) is 72.8 Å². The van der Waals surface area contributed by atoms with Gasteiger partial charge in [0.15, 0.2) is 0 Å². The highest BCUT2D eigenvalue weighted by Gasteiger charge is 2.24. The van der Waals surface area contributed by atoms with Crippen molar-refractivity contribution in [2.75, 3.05) is 0 Å². The predicted octanol–water partition coefficient (Wildman–Crippen LogP) is 5.45. The molecule has 0 saturated heterocycles. The molecule has 6 nitrogen and oxygen atoms in total. The first kappa shape index (κ1) is 22.5. The van der Waals surface area contributed by atoms with Crippen LogP contribution < -0.4 is 9.05 Å². The van der Waals surface area contributed by atoms with Crippen molar-refractivity contribution < 1.29 is 28.4 Å². The third-order valence-electron chi connectivity index (χ3n) is 3.11. The zero-order valence-corrected chi connectivity index (χ0v) is 16.1. The Morgan fingerprint density at radius 3 is 1.85 bits per heavy atom. The van der Waals surface area contributed by atoms with E-state index < -0.39 is 13.8 Å². The van der Waals surface area contributed by atoms with Crippen molar-refractivity contribution in [3.8, 4) is 11.5 Å². The standard InChI is InChI=1S/C12H11O4P.C8H14O2/c13-17(14,15-11-7-3-1-4-8-11)16-12-9-5-2-6-10-12;1-2-3-4-5-6-7-8(9)10/h1-10H,(H,13,14);5-6H,2-4,7H2,1H3,(H,9,10). The smallest absolute Gasteiger partial charge is 0.481 e. The maximum absolute atomic E-state index is 11.7. The molecule has 0 fully saturated rings. The molecule has 0 unspecified atom stereocenters. The molecule has 0 radical (unpaired) electrons. The van der Waals surface area contributed by atoms with E-state index in [1.54, 1.807) is 66.7 Å². The Morgan fingerprint density at radius 1 is 0.963 bits per heavy atom. The molecule has 7 heteroatoms. The first-order chi connectivity index (χ1) is 12.9. The molecule has 0 saturated carbocycles. The monoisotopic (exact) mass is 392 g/mol. The summed E-state index contributed by atoms with van der Waals surface area (Å²) in [4.78, 5) is 19.5. The van der Waals surface area contributed by atoms with Crippen LogP contribution in [-0.4, -0.2) is 16.0 Å². The van der Waals surface area contributed by atoms with E-state index in [1.165, 1.54) is 0 Å². The Morgan fingerprint density at radius 2 is 1.44 bits per heavy atom. The number of carbonyl (C=O) groups is 1. The molecule has 2 rings (SSSR count). The molecule has 27 heavy (non-hydrogen) atoms. The molecule has 146 valence electrons. The average molecular weight is 392 g/mol. The third-order valence-corrected chi connectivity index (χ3v) is 3.99. The van der Waals surface area contributed by atoms with Gasteiger partial charge in [0.1, 0.15) is 11.5 Å². The number of hydrogen-bond donors (Lipinski definition) is 2. The first-order valence-electron chi connectivity index (χ1n) is 8.62. The van der Waals surface area contributed by atoms with Crippen LogP contribution in [0.1, 0.15) is 32.6 Å². The molecule has 2 aromatic rings. The van der Waals surface area contributed by atoms with Gasteiger partial charge in [-0.15, -0.1) is 0 Å². The number of aliphatic carboxylic acids is 1. The molecule has 0 aliphatic rings. The minimum Gasteiger partial charge on any atom is -0.481 e. The average Bonchev–Trinajstić information content (AvgIpc) is 2.63. The predicted molar refractivity (Wildman–Crippen MR) is 105 cm³/mol. The van der Waals surface area contributed by atoms with Crippen LogP contribution in [0.2, 0.25) is 0 Å². The summed E-state index contributed by atoms with van der Waals surface area (Å²) in [5, 5.41) is 8.22. The highest BCUT2D eigenvalue weighted by atomic mass is 31.2. The van der Waals surface area contributed by atoms with Crippen molar-refractivity contribution >= 4 is 13.8 Å². The summed E-state index contributed by atoms with van der Waals surface area (Å²) in [6.45, 7) is 2.12. The number of allylic oxidation sites excluding steroid dienone is 1. The second-order valence-electron chi connectivity index (χ2n) is 5.49. The Balaban J connectivity index is 0.000000314. The van der Waals surface area contributed by atoms with E-state index in [-0.39, 0.29) is 17.9 Å². The molecular weight excluding hydrogens is 367 g/mol. The van der Waals surface area contributed by atoms with E-state index in [4.69, 9.17) is 14.2 Å². The summed E-state index contributed by atoms with van der Waals surface area (Å²) < 4.78 is 21.5. The molecule has 0 atom stereocenters. The Bertz CT molecular complexity index is 685. The van der Waals surface area contributed by atoms with E-state index in [2.05, 4.69) is 6.92 Å². The maximum Gasteiger partial charge on any atom is 0.584 e. The zero-order valence-electron chi connectivity index (χ0n) is 15.2. The second-order valence-corrected chi connectivity index (χ2v) is 6.79. The summed E-state index contributed by atoms with van der Waals surface area (Å²) in [6.07, 6.45) is 7.11. The van der Waals surface area contributed by atoms with E-state index in [0.29, 0.717) is 0 Å². The number of unbranched alkanes of at least 4 members (excludes halogenated alkanes) is 2. The van der Waals surface area contributed by atoms with Gasteiger partial charge in [-0.05, 0) is 30.7 Å². The summed E-state index contributed by atoms with van der Waals surface area (Å²) in [5.41, 5.74) is 0. The molecule has 0 spiro atoms. The molecule has 2 aromatic carbocycles. The molecular formula is C20H25O6P. The van der Waals surface area contributed by atoms with Crippen molar-refractivity contribution in [2.45, 2.75) is 32.6 Å². The normalized spacial score (nSPS) is 10.7. The molecule has 0 aromatic heterocycles. The van der Waals surface area contributed by atoms with E-state index in [0.717, 1.165) is 19.3 Å². The number of para-hydroxylation sites is 2. The van der Waals surface area contributed by atoms with Gasteiger partial charge < -0.3 is 14.2 Å². The SMILES string of the molecule is CCCCC=CCC(=O)O.O=P(O)(Oc1ccccc1)Oc1ccccc1. The summed E-state index contributed by atoms with van der Waals surface area (Å²) in [5.74, 6) is -0.184. The summed E-state index contributed by atoms with van der Waals surface area (Å²) in [7, 11) is -4.14. The maximum atomic E-state index is 11.7. The van der Waals surface area contributed by atoms with Crippen LogP contribution in [0.25, 0.3) is 0 Å². The quantitative estimate of drug-likeness (QED) is 0.335. The number of hydrogen-bond acceptors (Lipinski definition) is 4. The van der Waals surface area contributed by atoms with Crippen molar-refractivity contribution in [3.63, 3.8) is 0 Å². The van der Waals surface area contributed by atoms with E-state index >= 15 is 0 Å². The molecule has 0 bridgehead atoms. The lowest BCUT2D eigenvalue weighted by molar-refractivity contribution is -0.136. The van der Waals surface area contributed by atoms with Crippen molar-refractivity contribution in [2.24, 2.45) is 0 Å². The van der Waals surface area contributed by atoms with Gasteiger partial charge in [0.2, 0.25) is 0 Å². The van der Waals surface area contributed by atoms with Gasteiger partial charge in [0.25, 0.3) is 0 Å². The van der Waals surface area contributed by atoms with Crippen molar-refractivity contribution in [1.82, 2.24) is 0 Å². The van der Waals surface area contributed by atoms with Crippen molar-refractivity contribution in [1.29, 1.82) is 0 Å². The lowest BCUT2D eigenvalue weighted by atomic mass is 10.2. The largest absolute Gasteiger partial charge is 0.584 e. The Kier molecular flexibility index (Phi) is 10.6. The van der Waals surface area contributed by atoms with Crippen LogP contribution in [0, 0.1) is 0 Å². The van der Waals surface area contributed by atoms with Gasteiger partial charge in [-0.1, -0.05) is 68.3 Å². The first-order valence-corrected chi connectivity index (χ1v) is 10.1. The summed E-state index contributed by atoms with van der Waals surface area (Å²) in [6, 6.07) is 16.7. The van der Waals surface area contributed by atoms with Crippen LogP contribution in [0.5, 0.6) is 11.5 Å². The minimum absolute atomic E-state index is 0.156. The minimum atomic E-state index is -4.14. The zero-order chi connectivity index (χ0) is 20.0. The fraction of sp³-hybridized carbons (Fsp3) is 0.250. The van der Waals surface area contributed by atoms with Gasteiger partial charge in [0, 0.05) is 0 Å². The van der Waals surface area contributed by atoms with Gasteiger partial charge in [-0.3, -0.25) is 9.69 Å². The van der Waals surface area contributed by atoms with Crippen LogP contribution in [0.4, 0.5) is 0 Å². The van der Waals surface area contributed by atoms with Gasteiger partial charge in [-0.25, -0.2) is 4.57 Å². The van der Waals surface area contributed by atoms with Gasteiger partial charge in [-0.2, -0.15) is 0 Å². The lowest BCUT2D eigenvalue weighted by Crippen LogP contribution is -1.99. The topological polar surface area (TPSA) is 93.1 Å². The molecule has 0 aliphatic carbocycles. The highest BCUT2D eigenvalue weighted by molar-refractivity contribution is 7.48. The number of carboxylic acids is 1. The van der Waals surface area contributed by atoms with E-state index in [1.807, 2.05) is 6.08 Å². The molecule has 0 aliphatic heterocycles. The number of phosphoric acid groups is 1. The van der Waals surface area contributed by atoms with Gasteiger partial charge >= 0.3 is 13.8 Å². The van der Waals surface area contributed by atoms with Crippen LogP contribution in [-0.2, 0) is 9.36 Å².